The first kappa shape index (κ1) is 12.2. The summed E-state index contributed by atoms with van der Waals surface area (Å²) >= 11 is 5.61. The number of benzene rings is 1. The zero-order chi connectivity index (χ0) is 12.4. The summed E-state index contributed by atoms with van der Waals surface area (Å²) < 4.78 is 13.3. The molecule has 0 saturated carbocycles. The SMILES string of the molecule is O=C(O)CC1CCN(c2ccc(Cl)c(F)c2)C1. The minimum absolute atomic E-state index is 0.107. The van der Waals surface area contributed by atoms with Crippen molar-refractivity contribution in [1.82, 2.24) is 0 Å². The van der Waals surface area contributed by atoms with Gasteiger partial charge in [-0.15, -0.1) is 0 Å². The van der Waals surface area contributed by atoms with Crippen molar-refractivity contribution in [3.63, 3.8) is 0 Å². The summed E-state index contributed by atoms with van der Waals surface area (Å²) in [6, 6.07) is 4.68. The average molecular weight is 258 g/mol. The van der Waals surface area contributed by atoms with Crippen LogP contribution in [0.15, 0.2) is 18.2 Å². The average Bonchev–Trinajstić information content (AvgIpc) is 2.69. The Kier molecular flexibility index (Phi) is 3.52. The van der Waals surface area contributed by atoms with E-state index < -0.39 is 11.8 Å². The normalized spacial score (nSPS) is 19.6. The fourth-order valence-electron chi connectivity index (χ4n) is 2.16. The fourth-order valence-corrected chi connectivity index (χ4v) is 2.28. The number of hydrogen-bond donors (Lipinski definition) is 1. The number of rotatable bonds is 3. The maximum atomic E-state index is 13.3. The first-order valence-electron chi connectivity index (χ1n) is 5.48. The van der Waals surface area contributed by atoms with E-state index in [1.807, 2.05) is 4.90 Å². The van der Waals surface area contributed by atoms with E-state index in [9.17, 15) is 9.18 Å². The maximum absolute atomic E-state index is 13.3. The van der Waals surface area contributed by atoms with Gasteiger partial charge in [-0.25, -0.2) is 4.39 Å². The van der Waals surface area contributed by atoms with Gasteiger partial charge in [0.05, 0.1) is 5.02 Å². The third kappa shape index (κ3) is 2.88. The highest BCUT2D eigenvalue weighted by molar-refractivity contribution is 6.30. The van der Waals surface area contributed by atoms with Gasteiger partial charge in [-0.2, -0.15) is 0 Å². The van der Waals surface area contributed by atoms with Crippen LogP contribution in [-0.4, -0.2) is 24.2 Å². The Morgan fingerprint density at radius 1 is 1.59 bits per heavy atom. The Labute approximate surface area is 104 Å². The van der Waals surface area contributed by atoms with Crippen LogP contribution in [0.25, 0.3) is 0 Å². The maximum Gasteiger partial charge on any atom is 0.303 e. The number of halogens is 2. The smallest absolute Gasteiger partial charge is 0.303 e. The molecule has 1 aromatic carbocycles. The Bertz CT molecular complexity index is 439. The van der Waals surface area contributed by atoms with Crippen LogP contribution < -0.4 is 4.90 Å². The highest BCUT2D eigenvalue weighted by Crippen LogP contribution is 2.28. The van der Waals surface area contributed by atoms with Crippen molar-refractivity contribution in [2.45, 2.75) is 12.8 Å². The third-order valence-corrected chi connectivity index (χ3v) is 3.32. The second-order valence-electron chi connectivity index (χ2n) is 4.30. The minimum atomic E-state index is -0.779. The number of anilines is 1. The second kappa shape index (κ2) is 4.92. The van der Waals surface area contributed by atoms with Crippen molar-refractivity contribution in [1.29, 1.82) is 0 Å². The second-order valence-corrected chi connectivity index (χ2v) is 4.70. The van der Waals surface area contributed by atoms with Gasteiger partial charge in [-0.3, -0.25) is 4.79 Å². The number of aliphatic carboxylic acids is 1. The molecule has 5 heteroatoms. The summed E-state index contributed by atoms with van der Waals surface area (Å²) in [5.74, 6) is -1.07. The quantitative estimate of drug-likeness (QED) is 0.905. The van der Waals surface area contributed by atoms with Crippen molar-refractivity contribution in [3.8, 4) is 0 Å². The first-order valence-corrected chi connectivity index (χ1v) is 5.86. The highest BCUT2D eigenvalue weighted by atomic mass is 35.5. The molecular formula is C12H13ClFNO2. The summed E-state index contributed by atoms with van der Waals surface area (Å²) in [6.07, 6.45) is 1.00. The number of carbonyl (C=O) groups is 1. The summed E-state index contributed by atoms with van der Waals surface area (Å²) in [5.41, 5.74) is 0.764. The largest absolute Gasteiger partial charge is 0.481 e. The van der Waals surface area contributed by atoms with E-state index in [0.29, 0.717) is 6.54 Å². The molecule has 1 N–H and O–H groups in total. The lowest BCUT2D eigenvalue weighted by molar-refractivity contribution is -0.137. The molecule has 3 nitrogen and oxygen atoms in total. The molecule has 0 bridgehead atoms. The van der Waals surface area contributed by atoms with E-state index in [4.69, 9.17) is 16.7 Å². The van der Waals surface area contributed by atoms with Crippen molar-refractivity contribution in [2.75, 3.05) is 18.0 Å². The molecule has 1 atom stereocenters. The van der Waals surface area contributed by atoms with Crippen LogP contribution in [0, 0.1) is 11.7 Å². The minimum Gasteiger partial charge on any atom is -0.481 e. The highest BCUT2D eigenvalue weighted by Gasteiger charge is 2.24. The molecule has 0 amide bonds. The zero-order valence-corrected chi connectivity index (χ0v) is 9.95. The van der Waals surface area contributed by atoms with E-state index in [1.54, 1.807) is 6.07 Å². The van der Waals surface area contributed by atoms with E-state index in [2.05, 4.69) is 0 Å². The molecule has 1 aliphatic heterocycles. The molecule has 92 valence electrons. The lowest BCUT2D eigenvalue weighted by Gasteiger charge is -2.18. The number of carboxylic acid groups (broad SMARTS) is 1. The van der Waals surface area contributed by atoms with Gasteiger partial charge < -0.3 is 10.0 Å². The number of hydrogen-bond acceptors (Lipinski definition) is 2. The summed E-state index contributed by atoms with van der Waals surface area (Å²) in [4.78, 5) is 12.6. The molecule has 0 spiro atoms. The summed E-state index contributed by atoms with van der Waals surface area (Å²) in [6.45, 7) is 1.42. The monoisotopic (exact) mass is 257 g/mol. The van der Waals surface area contributed by atoms with Crippen LogP contribution >= 0.6 is 11.6 Å². The predicted molar refractivity (Wildman–Crippen MR) is 64.0 cm³/mol. The van der Waals surface area contributed by atoms with Gasteiger partial charge in [0.25, 0.3) is 0 Å². The molecule has 0 aliphatic carbocycles. The lowest BCUT2D eigenvalue weighted by atomic mass is 10.1. The van der Waals surface area contributed by atoms with Crippen LogP contribution in [0.4, 0.5) is 10.1 Å². The van der Waals surface area contributed by atoms with Crippen molar-refractivity contribution >= 4 is 23.3 Å². The van der Waals surface area contributed by atoms with Gasteiger partial charge in [0.2, 0.25) is 0 Å². The summed E-state index contributed by atoms with van der Waals surface area (Å²) in [7, 11) is 0. The number of carboxylic acids is 1. The van der Waals surface area contributed by atoms with Crippen molar-refractivity contribution in [2.24, 2.45) is 5.92 Å². The molecule has 1 unspecified atom stereocenters. The Balaban J connectivity index is 2.04. The van der Waals surface area contributed by atoms with Crippen LogP contribution in [0.5, 0.6) is 0 Å². The van der Waals surface area contributed by atoms with Crippen LogP contribution in [0.3, 0.4) is 0 Å². The third-order valence-electron chi connectivity index (χ3n) is 3.02. The standard InChI is InChI=1S/C12H13ClFNO2/c13-10-2-1-9(6-11(10)14)15-4-3-8(7-15)5-12(16)17/h1-2,6,8H,3-5,7H2,(H,16,17). The molecule has 1 aromatic rings. The zero-order valence-electron chi connectivity index (χ0n) is 9.20. The van der Waals surface area contributed by atoms with Crippen LogP contribution in [-0.2, 0) is 4.79 Å². The van der Waals surface area contributed by atoms with E-state index in [-0.39, 0.29) is 17.4 Å². The van der Waals surface area contributed by atoms with Gasteiger partial charge in [-0.05, 0) is 30.5 Å². The molecule has 1 heterocycles. The molecule has 17 heavy (non-hydrogen) atoms. The van der Waals surface area contributed by atoms with Gasteiger partial charge in [0.1, 0.15) is 5.82 Å². The number of nitrogens with zero attached hydrogens (tertiary/aromatic N) is 1. The Hall–Kier alpha value is -1.29. The topological polar surface area (TPSA) is 40.5 Å². The van der Waals surface area contributed by atoms with Gasteiger partial charge in [0, 0.05) is 25.2 Å². The molecule has 1 fully saturated rings. The van der Waals surface area contributed by atoms with Crippen molar-refractivity contribution in [3.05, 3.63) is 29.0 Å². The molecule has 0 radical (unpaired) electrons. The Morgan fingerprint density at radius 3 is 3.00 bits per heavy atom. The van der Waals surface area contributed by atoms with Gasteiger partial charge in [-0.1, -0.05) is 11.6 Å². The van der Waals surface area contributed by atoms with Crippen LogP contribution in [0.1, 0.15) is 12.8 Å². The van der Waals surface area contributed by atoms with E-state index >= 15 is 0 Å². The molecule has 2 rings (SSSR count). The predicted octanol–water partition coefficient (Wildman–Crippen LogP) is 2.78. The summed E-state index contributed by atoms with van der Waals surface area (Å²) in [5, 5.41) is 8.82. The molecule has 1 aliphatic rings. The first-order chi connectivity index (χ1) is 8.06. The van der Waals surface area contributed by atoms with Crippen LogP contribution in [0.2, 0.25) is 5.02 Å². The van der Waals surface area contributed by atoms with E-state index in [0.717, 1.165) is 18.7 Å². The fraction of sp³-hybridized carbons (Fsp3) is 0.417. The van der Waals surface area contributed by atoms with Gasteiger partial charge >= 0.3 is 5.97 Å². The molecule has 1 saturated heterocycles. The Morgan fingerprint density at radius 2 is 2.35 bits per heavy atom. The van der Waals surface area contributed by atoms with Gasteiger partial charge in [0.15, 0.2) is 0 Å². The lowest BCUT2D eigenvalue weighted by Crippen LogP contribution is -2.20. The van der Waals surface area contributed by atoms with E-state index in [1.165, 1.54) is 12.1 Å². The molecule has 0 aromatic heterocycles. The van der Waals surface area contributed by atoms with Crippen molar-refractivity contribution < 1.29 is 14.3 Å². The molecular weight excluding hydrogens is 245 g/mol.